The number of phenolic OH excluding ortho intramolecular Hbond substituents is 1. The number of Topliss-reactive ketones (excluding diaryl/α,β-unsaturated/α-hetero) is 3. The smallest absolute Gasteiger partial charge is 0.203 e. The Morgan fingerprint density at radius 1 is 1.17 bits per heavy atom. The second-order valence-corrected chi connectivity index (χ2v) is 11.8. The highest BCUT2D eigenvalue weighted by atomic mass is 16.3. The maximum absolute atomic E-state index is 14.2. The number of aryl methyl sites for hydroxylation is 2. The summed E-state index contributed by atoms with van der Waals surface area (Å²) < 4.78 is 0. The van der Waals surface area contributed by atoms with Crippen LogP contribution >= 0.6 is 0 Å². The molecule has 0 saturated heterocycles. The Hall–Kier alpha value is -2.93. The summed E-state index contributed by atoms with van der Waals surface area (Å²) in [4.78, 5) is 40.2. The van der Waals surface area contributed by atoms with Gasteiger partial charge in [-0.1, -0.05) is 47.1 Å². The largest absolute Gasteiger partial charge is 0.508 e. The van der Waals surface area contributed by atoms with Crippen LogP contribution in [0.25, 0.3) is 5.76 Å². The van der Waals surface area contributed by atoms with Crippen LogP contribution in [0, 0.1) is 29.6 Å². The van der Waals surface area contributed by atoms with E-state index in [4.69, 9.17) is 0 Å². The number of aliphatic hydroxyl groups is 3. The number of benzene rings is 1. The molecule has 4 rings (SSSR count). The third-order valence-electron chi connectivity index (χ3n) is 8.83. The summed E-state index contributed by atoms with van der Waals surface area (Å²) in [5.74, 6) is -4.97. The number of rotatable bonds is 4. The summed E-state index contributed by atoms with van der Waals surface area (Å²) in [6.45, 7) is 12.0. The lowest BCUT2D eigenvalue weighted by molar-refractivity contribution is -0.178. The monoisotopic (exact) mass is 496 g/mol. The predicted octanol–water partition coefficient (Wildman–Crippen LogP) is 4.45. The van der Waals surface area contributed by atoms with Crippen molar-refractivity contribution in [3.63, 3.8) is 0 Å². The van der Waals surface area contributed by atoms with E-state index in [1.54, 1.807) is 20.8 Å². The molecular weight excluding hydrogens is 460 g/mol. The van der Waals surface area contributed by atoms with E-state index in [0.717, 1.165) is 18.9 Å². The Kier molecular flexibility index (Phi) is 5.84. The molecule has 0 aromatic heterocycles. The van der Waals surface area contributed by atoms with Gasteiger partial charge in [-0.25, -0.2) is 0 Å². The van der Waals surface area contributed by atoms with Crippen LogP contribution in [0.15, 0.2) is 23.0 Å². The Bertz CT molecular complexity index is 1280. The zero-order chi connectivity index (χ0) is 27.1. The van der Waals surface area contributed by atoms with E-state index in [-0.39, 0.29) is 29.2 Å². The number of ketones is 3. The fourth-order valence-corrected chi connectivity index (χ4v) is 7.50. The van der Waals surface area contributed by atoms with Gasteiger partial charge in [-0.05, 0) is 55.7 Å². The molecule has 7 nitrogen and oxygen atoms in total. The lowest BCUT2D eigenvalue weighted by Gasteiger charge is -2.59. The highest BCUT2D eigenvalue weighted by molar-refractivity contribution is 6.24. The summed E-state index contributed by atoms with van der Waals surface area (Å²) in [6.07, 6.45) is 1.75. The van der Waals surface area contributed by atoms with Gasteiger partial charge in [0.15, 0.2) is 17.2 Å². The number of aliphatic hydroxyl groups excluding tert-OH is 2. The number of aromatic hydroxyl groups is 1. The summed E-state index contributed by atoms with van der Waals surface area (Å²) in [5.41, 5.74) is -3.25. The van der Waals surface area contributed by atoms with E-state index < -0.39 is 56.8 Å². The fraction of sp³-hybridized carbons (Fsp3) is 0.552. The molecule has 1 aromatic carbocycles. The molecule has 0 bridgehead atoms. The van der Waals surface area contributed by atoms with Crippen molar-refractivity contribution >= 4 is 23.1 Å². The summed E-state index contributed by atoms with van der Waals surface area (Å²) >= 11 is 0. The highest BCUT2D eigenvalue weighted by Crippen LogP contribution is 2.65. The van der Waals surface area contributed by atoms with E-state index in [9.17, 15) is 34.8 Å². The van der Waals surface area contributed by atoms with Gasteiger partial charge >= 0.3 is 0 Å². The normalized spacial score (nSPS) is 32.0. The number of phenols is 1. The van der Waals surface area contributed by atoms with E-state index in [1.807, 2.05) is 26.8 Å². The number of hydrogen-bond acceptors (Lipinski definition) is 7. The van der Waals surface area contributed by atoms with Gasteiger partial charge in [-0.2, -0.15) is 0 Å². The van der Waals surface area contributed by atoms with Crippen molar-refractivity contribution in [2.45, 2.75) is 79.8 Å². The van der Waals surface area contributed by atoms with Crippen LogP contribution in [-0.4, -0.2) is 43.4 Å². The van der Waals surface area contributed by atoms with Gasteiger partial charge in [0.25, 0.3) is 0 Å². The van der Waals surface area contributed by atoms with Crippen LogP contribution in [-0.2, 0) is 27.2 Å². The maximum Gasteiger partial charge on any atom is 0.203 e. The first-order valence-corrected chi connectivity index (χ1v) is 12.6. The first kappa shape index (κ1) is 26.1. The first-order valence-electron chi connectivity index (χ1n) is 12.6. The molecule has 194 valence electrons. The average molecular weight is 497 g/mol. The third kappa shape index (κ3) is 3.04. The lowest BCUT2D eigenvalue weighted by Crippen LogP contribution is -2.69. The minimum Gasteiger partial charge on any atom is -0.508 e. The number of carbonyl (C=O) groups is 3. The van der Waals surface area contributed by atoms with E-state index in [0.29, 0.717) is 24.0 Å². The van der Waals surface area contributed by atoms with Crippen LogP contribution in [0.1, 0.15) is 76.6 Å². The molecule has 4 atom stereocenters. The van der Waals surface area contributed by atoms with Gasteiger partial charge in [0.1, 0.15) is 22.8 Å². The first-order chi connectivity index (χ1) is 16.6. The fourth-order valence-electron chi connectivity index (χ4n) is 7.50. The van der Waals surface area contributed by atoms with Crippen LogP contribution in [0.2, 0.25) is 0 Å². The van der Waals surface area contributed by atoms with Crippen molar-refractivity contribution in [3.05, 3.63) is 45.2 Å². The van der Waals surface area contributed by atoms with Crippen molar-refractivity contribution < 1.29 is 34.8 Å². The highest BCUT2D eigenvalue weighted by Gasteiger charge is 2.72. The molecule has 3 aliphatic carbocycles. The Balaban J connectivity index is 2.08. The third-order valence-corrected chi connectivity index (χ3v) is 8.83. The number of fused-ring (bicyclic) bond motifs is 3. The van der Waals surface area contributed by atoms with E-state index in [1.165, 1.54) is 0 Å². The van der Waals surface area contributed by atoms with Crippen molar-refractivity contribution in [1.29, 1.82) is 0 Å². The maximum atomic E-state index is 14.2. The lowest BCUT2D eigenvalue weighted by atomic mass is 9.43. The average Bonchev–Trinajstić information content (AvgIpc) is 2.74. The second-order valence-electron chi connectivity index (χ2n) is 11.8. The number of hydrogen-bond donors (Lipinski definition) is 4. The second kappa shape index (κ2) is 8.04. The standard InChI is InChI=1S/C29H36O7/c1-8-9-16-10-14(4)17-11-27(6)12-28(7)20(13(2)3)23(32)18(15(5)30)25(34)29(28,36)26(35)21(27)24(33)19(17)22(16)31/h10,13,20,31,33-34,36H,8-9,11-12H2,1-7H3/t20?,27-,28-,29+/m1/s1. The topological polar surface area (TPSA) is 132 Å². The van der Waals surface area contributed by atoms with E-state index in [2.05, 4.69) is 0 Å². The molecule has 0 amide bonds. The van der Waals surface area contributed by atoms with Gasteiger partial charge in [-0.15, -0.1) is 0 Å². The van der Waals surface area contributed by atoms with Crippen molar-refractivity contribution in [1.82, 2.24) is 0 Å². The molecule has 1 aromatic rings. The molecular formula is C29H36O7. The van der Waals surface area contributed by atoms with E-state index >= 15 is 0 Å². The zero-order valence-electron chi connectivity index (χ0n) is 22.1. The summed E-state index contributed by atoms with van der Waals surface area (Å²) in [7, 11) is 0. The molecule has 3 aliphatic rings. The van der Waals surface area contributed by atoms with Crippen LogP contribution < -0.4 is 0 Å². The molecule has 0 radical (unpaired) electrons. The quantitative estimate of drug-likeness (QED) is 0.453. The molecule has 7 heteroatoms. The summed E-state index contributed by atoms with van der Waals surface area (Å²) in [5, 5.41) is 45.8. The summed E-state index contributed by atoms with van der Waals surface area (Å²) in [6, 6.07) is 1.90. The number of allylic oxidation sites excluding steroid dienone is 1. The molecule has 0 aliphatic heterocycles. The minimum absolute atomic E-state index is 0.0929. The van der Waals surface area contributed by atoms with Crippen molar-refractivity contribution in [2.75, 3.05) is 0 Å². The SMILES string of the molecule is CCCc1cc(C)c2c(c1O)C(O)=C1C(=O)[C@@]3(O)C(O)=C(C(C)=O)C(=O)C(C(C)C)[C@@]3(C)C[C@@]1(C)C2. The van der Waals surface area contributed by atoms with Crippen molar-refractivity contribution in [2.24, 2.45) is 22.7 Å². The molecule has 1 fully saturated rings. The molecule has 36 heavy (non-hydrogen) atoms. The van der Waals surface area contributed by atoms with Gasteiger partial charge in [0, 0.05) is 22.3 Å². The van der Waals surface area contributed by atoms with Gasteiger partial charge in [0.2, 0.25) is 5.78 Å². The Labute approximate surface area is 211 Å². The number of carbonyl (C=O) groups excluding carboxylic acids is 3. The molecule has 0 heterocycles. The van der Waals surface area contributed by atoms with Gasteiger partial charge in [0.05, 0.1) is 5.56 Å². The van der Waals surface area contributed by atoms with Gasteiger partial charge in [-0.3, -0.25) is 14.4 Å². The molecule has 4 N–H and O–H groups in total. The van der Waals surface area contributed by atoms with Crippen LogP contribution in [0.4, 0.5) is 0 Å². The van der Waals surface area contributed by atoms with Gasteiger partial charge < -0.3 is 20.4 Å². The van der Waals surface area contributed by atoms with Crippen LogP contribution in [0.5, 0.6) is 5.75 Å². The zero-order valence-corrected chi connectivity index (χ0v) is 22.1. The molecule has 0 spiro atoms. The Morgan fingerprint density at radius 2 is 1.78 bits per heavy atom. The van der Waals surface area contributed by atoms with Crippen molar-refractivity contribution in [3.8, 4) is 5.75 Å². The Morgan fingerprint density at radius 3 is 2.31 bits per heavy atom. The van der Waals surface area contributed by atoms with Crippen LogP contribution in [0.3, 0.4) is 0 Å². The molecule has 1 unspecified atom stereocenters. The predicted molar refractivity (Wildman–Crippen MR) is 135 cm³/mol. The molecule has 1 saturated carbocycles. The minimum atomic E-state index is -2.58.